The molecule has 0 aliphatic carbocycles. The van der Waals surface area contributed by atoms with Gasteiger partial charge in [0.2, 0.25) is 5.91 Å². The molecule has 0 aromatic heterocycles. The first-order valence-electron chi connectivity index (χ1n) is 7.70. The lowest BCUT2D eigenvalue weighted by Gasteiger charge is -2.31. The molecule has 6 heteroatoms. The van der Waals surface area contributed by atoms with Crippen molar-refractivity contribution in [3.8, 4) is 0 Å². The zero-order chi connectivity index (χ0) is 15.9. The van der Waals surface area contributed by atoms with Crippen molar-refractivity contribution in [3.05, 3.63) is 28.5 Å². The fourth-order valence-corrected chi connectivity index (χ4v) is 3.10. The van der Waals surface area contributed by atoms with E-state index in [0.717, 1.165) is 38.4 Å². The average Bonchev–Trinajstić information content (AvgIpc) is 2.49. The standard InChI is InChI=1S/C16H23BrFN3O/c1-19-7-4-12-5-8-21(9-6-12)11-16(22)20-15-3-2-13(17)10-14(15)18/h2-3,10,12,19H,4-9,11H2,1H3,(H,20,22). The number of nitrogens with zero attached hydrogens (tertiary/aromatic N) is 1. The van der Waals surface area contributed by atoms with Crippen LogP contribution in [0.2, 0.25) is 0 Å². The van der Waals surface area contributed by atoms with Crippen molar-refractivity contribution < 1.29 is 9.18 Å². The number of anilines is 1. The second kappa shape index (κ2) is 8.60. The first-order valence-corrected chi connectivity index (χ1v) is 8.49. The molecule has 1 heterocycles. The summed E-state index contributed by atoms with van der Waals surface area (Å²) >= 11 is 3.20. The molecule has 1 aliphatic rings. The van der Waals surface area contributed by atoms with Crippen LogP contribution in [0.1, 0.15) is 19.3 Å². The van der Waals surface area contributed by atoms with Gasteiger partial charge >= 0.3 is 0 Å². The number of likely N-dealkylation sites (tertiary alicyclic amines) is 1. The van der Waals surface area contributed by atoms with E-state index in [2.05, 4.69) is 31.5 Å². The lowest BCUT2D eigenvalue weighted by molar-refractivity contribution is -0.117. The molecule has 1 aliphatic heterocycles. The number of hydrogen-bond acceptors (Lipinski definition) is 3. The molecule has 22 heavy (non-hydrogen) atoms. The number of halogens is 2. The smallest absolute Gasteiger partial charge is 0.238 e. The Kier molecular flexibility index (Phi) is 6.79. The van der Waals surface area contributed by atoms with Crippen LogP contribution in [-0.4, -0.2) is 44.0 Å². The van der Waals surface area contributed by atoms with Crippen LogP contribution in [0, 0.1) is 11.7 Å². The number of hydrogen-bond donors (Lipinski definition) is 2. The van der Waals surface area contributed by atoms with Crippen molar-refractivity contribution in [2.24, 2.45) is 5.92 Å². The lowest BCUT2D eigenvalue weighted by Crippen LogP contribution is -2.39. The maximum Gasteiger partial charge on any atom is 0.238 e. The third kappa shape index (κ3) is 5.34. The Hall–Kier alpha value is -0.980. The number of carbonyl (C=O) groups is 1. The van der Waals surface area contributed by atoms with Gasteiger partial charge in [0.25, 0.3) is 0 Å². The van der Waals surface area contributed by atoms with Gasteiger partial charge in [0.05, 0.1) is 12.2 Å². The predicted molar refractivity (Wildman–Crippen MR) is 90.4 cm³/mol. The van der Waals surface area contributed by atoms with Crippen LogP contribution in [0.15, 0.2) is 22.7 Å². The van der Waals surface area contributed by atoms with E-state index in [4.69, 9.17) is 0 Å². The van der Waals surface area contributed by atoms with Crippen LogP contribution in [0.4, 0.5) is 10.1 Å². The minimum atomic E-state index is -0.423. The topological polar surface area (TPSA) is 44.4 Å². The Morgan fingerprint density at radius 2 is 2.14 bits per heavy atom. The van der Waals surface area contributed by atoms with Gasteiger partial charge in [-0.2, -0.15) is 0 Å². The van der Waals surface area contributed by atoms with Crippen molar-refractivity contribution in [3.63, 3.8) is 0 Å². The Bertz CT molecular complexity index is 504. The molecular formula is C16H23BrFN3O. The van der Waals surface area contributed by atoms with Crippen molar-refractivity contribution in [2.75, 3.05) is 38.5 Å². The molecule has 4 nitrogen and oxygen atoms in total. The first kappa shape index (κ1) is 17.4. The average molecular weight is 372 g/mol. The van der Waals surface area contributed by atoms with E-state index < -0.39 is 5.82 Å². The number of rotatable bonds is 6. The summed E-state index contributed by atoms with van der Waals surface area (Å²) in [5.41, 5.74) is 0.233. The van der Waals surface area contributed by atoms with Crippen molar-refractivity contribution >= 4 is 27.5 Å². The minimum absolute atomic E-state index is 0.158. The predicted octanol–water partition coefficient (Wildman–Crippen LogP) is 2.85. The summed E-state index contributed by atoms with van der Waals surface area (Å²) in [6.45, 7) is 3.25. The number of amides is 1. The fraction of sp³-hybridized carbons (Fsp3) is 0.562. The molecule has 1 aromatic rings. The minimum Gasteiger partial charge on any atom is -0.322 e. The molecule has 0 saturated carbocycles. The highest BCUT2D eigenvalue weighted by Gasteiger charge is 2.20. The molecule has 2 N–H and O–H groups in total. The van der Waals surface area contributed by atoms with Crippen LogP contribution in [0.3, 0.4) is 0 Å². The summed E-state index contributed by atoms with van der Waals surface area (Å²) in [5, 5.41) is 5.82. The zero-order valence-electron chi connectivity index (χ0n) is 12.9. The maximum atomic E-state index is 13.7. The highest BCUT2D eigenvalue weighted by Crippen LogP contribution is 2.21. The number of piperidine rings is 1. The van der Waals surface area contributed by atoms with Gasteiger partial charge < -0.3 is 10.6 Å². The van der Waals surface area contributed by atoms with E-state index in [1.807, 2.05) is 7.05 Å². The molecule has 0 unspecified atom stereocenters. The van der Waals surface area contributed by atoms with Crippen LogP contribution in [-0.2, 0) is 4.79 Å². The normalized spacial score (nSPS) is 16.7. The van der Waals surface area contributed by atoms with Gasteiger partial charge in [-0.25, -0.2) is 4.39 Å². The summed E-state index contributed by atoms with van der Waals surface area (Å²) in [7, 11) is 1.97. The van der Waals surface area contributed by atoms with E-state index in [-0.39, 0.29) is 11.6 Å². The third-order valence-electron chi connectivity index (χ3n) is 4.08. The second-order valence-corrected chi connectivity index (χ2v) is 6.70. The van der Waals surface area contributed by atoms with Gasteiger partial charge in [-0.05, 0) is 70.1 Å². The maximum absolute atomic E-state index is 13.7. The van der Waals surface area contributed by atoms with Crippen molar-refractivity contribution in [1.82, 2.24) is 10.2 Å². The van der Waals surface area contributed by atoms with E-state index in [9.17, 15) is 9.18 Å². The Morgan fingerprint density at radius 1 is 1.41 bits per heavy atom. The van der Waals surface area contributed by atoms with Gasteiger partial charge in [-0.15, -0.1) is 0 Å². The molecule has 0 bridgehead atoms. The lowest BCUT2D eigenvalue weighted by atomic mass is 9.93. The van der Waals surface area contributed by atoms with Crippen LogP contribution < -0.4 is 10.6 Å². The molecular weight excluding hydrogens is 349 g/mol. The number of nitrogens with one attached hydrogen (secondary N) is 2. The molecule has 2 rings (SSSR count). The van der Waals surface area contributed by atoms with Gasteiger partial charge in [0, 0.05) is 4.47 Å². The molecule has 1 aromatic carbocycles. The van der Waals surface area contributed by atoms with Crippen LogP contribution in [0.25, 0.3) is 0 Å². The Morgan fingerprint density at radius 3 is 2.77 bits per heavy atom. The van der Waals surface area contributed by atoms with E-state index in [0.29, 0.717) is 11.0 Å². The second-order valence-electron chi connectivity index (χ2n) is 5.78. The molecule has 0 radical (unpaired) electrons. The quantitative estimate of drug-likeness (QED) is 0.807. The van der Waals surface area contributed by atoms with Crippen molar-refractivity contribution in [1.29, 1.82) is 0 Å². The summed E-state index contributed by atoms with van der Waals surface area (Å²) in [6, 6.07) is 4.64. The van der Waals surface area contributed by atoms with Gasteiger partial charge in [0.1, 0.15) is 5.82 Å². The summed E-state index contributed by atoms with van der Waals surface area (Å²) < 4.78 is 14.4. The van der Waals surface area contributed by atoms with Crippen molar-refractivity contribution in [2.45, 2.75) is 19.3 Å². The third-order valence-corrected chi connectivity index (χ3v) is 4.58. The Labute approximate surface area is 139 Å². The molecule has 0 spiro atoms. The molecule has 1 saturated heterocycles. The molecule has 0 atom stereocenters. The first-order chi connectivity index (χ1) is 10.6. The Balaban J connectivity index is 1.76. The molecule has 1 fully saturated rings. The number of carbonyl (C=O) groups excluding carboxylic acids is 1. The molecule has 1 amide bonds. The van der Waals surface area contributed by atoms with Gasteiger partial charge in [-0.3, -0.25) is 9.69 Å². The number of benzene rings is 1. The highest BCUT2D eigenvalue weighted by atomic mass is 79.9. The monoisotopic (exact) mass is 371 g/mol. The van der Waals surface area contributed by atoms with Gasteiger partial charge in [-0.1, -0.05) is 15.9 Å². The van der Waals surface area contributed by atoms with E-state index >= 15 is 0 Å². The summed E-state index contributed by atoms with van der Waals surface area (Å²) in [4.78, 5) is 14.2. The van der Waals surface area contributed by atoms with E-state index in [1.54, 1.807) is 12.1 Å². The molecule has 122 valence electrons. The fourth-order valence-electron chi connectivity index (χ4n) is 2.77. The van der Waals surface area contributed by atoms with Gasteiger partial charge in [0.15, 0.2) is 0 Å². The van der Waals surface area contributed by atoms with E-state index in [1.165, 1.54) is 12.5 Å². The summed E-state index contributed by atoms with van der Waals surface area (Å²) in [5.74, 6) is 0.166. The summed E-state index contributed by atoms with van der Waals surface area (Å²) in [6.07, 6.45) is 3.45. The SMILES string of the molecule is CNCCC1CCN(CC(=O)Nc2ccc(Br)cc2F)CC1. The van der Waals surface area contributed by atoms with Crippen LogP contribution in [0.5, 0.6) is 0 Å². The highest BCUT2D eigenvalue weighted by molar-refractivity contribution is 9.10. The zero-order valence-corrected chi connectivity index (χ0v) is 14.5. The largest absolute Gasteiger partial charge is 0.322 e. The van der Waals surface area contributed by atoms with Crippen LogP contribution >= 0.6 is 15.9 Å².